The van der Waals surface area contributed by atoms with Gasteiger partial charge >= 0.3 is 12.1 Å². The van der Waals surface area contributed by atoms with Gasteiger partial charge in [0.25, 0.3) is 0 Å². The third-order valence-corrected chi connectivity index (χ3v) is 6.79. The van der Waals surface area contributed by atoms with Gasteiger partial charge in [0, 0.05) is 5.39 Å². The van der Waals surface area contributed by atoms with Crippen molar-refractivity contribution in [3.05, 3.63) is 99.7 Å². The Hall–Kier alpha value is -3.64. The van der Waals surface area contributed by atoms with Gasteiger partial charge in [-0.1, -0.05) is 61.0 Å². The second-order valence-corrected chi connectivity index (χ2v) is 9.54. The van der Waals surface area contributed by atoms with E-state index in [1.54, 1.807) is 36.4 Å². The number of carbonyl (C=O) groups is 1. The maximum absolute atomic E-state index is 13.4. The Labute approximate surface area is 210 Å². The third kappa shape index (κ3) is 4.49. The van der Waals surface area contributed by atoms with Gasteiger partial charge in [-0.15, -0.1) is 0 Å². The molecule has 1 unspecified atom stereocenters. The number of aromatic carboxylic acids is 1. The highest BCUT2D eigenvalue weighted by Crippen LogP contribution is 2.40. The summed E-state index contributed by atoms with van der Waals surface area (Å²) < 4.78 is 40.1. The smallest absolute Gasteiger partial charge is 0.417 e. The van der Waals surface area contributed by atoms with E-state index in [0.29, 0.717) is 40.6 Å². The summed E-state index contributed by atoms with van der Waals surface area (Å²) in [7, 11) is 0. The van der Waals surface area contributed by atoms with E-state index in [9.17, 15) is 23.1 Å². The number of para-hydroxylation sites is 1. The van der Waals surface area contributed by atoms with Crippen LogP contribution < -0.4 is 0 Å². The summed E-state index contributed by atoms with van der Waals surface area (Å²) in [5.41, 5.74) is 4.12. The van der Waals surface area contributed by atoms with Gasteiger partial charge in [0.15, 0.2) is 0 Å². The lowest BCUT2D eigenvalue weighted by Crippen LogP contribution is -2.17. The average molecular weight is 508 g/mol. The minimum Gasteiger partial charge on any atom is -0.478 e. The molecule has 1 N–H and O–H groups in total. The monoisotopic (exact) mass is 507 g/mol. The summed E-state index contributed by atoms with van der Waals surface area (Å²) in [5, 5.41) is 10.3. The number of carboxylic acid groups (broad SMARTS) is 1. The van der Waals surface area contributed by atoms with Crippen LogP contribution in [0.2, 0.25) is 5.02 Å². The Morgan fingerprint density at radius 1 is 1.03 bits per heavy atom. The van der Waals surface area contributed by atoms with E-state index in [1.807, 2.05) is 24.3 Å². The Balaban J connectivity index is 1.63. The average Bonchev–Trinajstić information content (AvgIpc) is 2.82. The zero-order valence-corrected chi connectivity index (χ0v) is 20.0. The fourth-order valence-electron chi connectivity index (χ4n) is 4.91. The second-order valence-electron chi connectivity index (χ2n) is 9.14. The SMILES string of the molecule is CC1C/C(=C\c2cccc(-c3ccc(Cl)c(C(F)(F)F)c3)c2)c2nc3ccccc3c(C(=O)O)c2C1. The van der Waals surface area contributed by atoms with Crippen molar-refractivity contribution in [2.24, 2.45) is 5.92 Å². The highest BCUT2D eigenvalue weighted by atomic mass is 35.5. The molecule has 36 heavy (non-hydrogen) atoms. The van der Waals surface area contributed by atoms with Crippen molar-refractivity contribution >= 4 is 40.1 Å². The molecule has 0 bridgehead atoms. The molecule has 0 amide bonds. The van der Waals surface area contributed by atoms with E-state index in [-0.39, 0.29) is 16.5 Å². The predicted molar refractivity (Wildman–Crippen MR) is 136 cm³/mol. The molecule has 1 aliphatic carbocycles. The zero-order chi connectivity index (χ0) is 25.6. The van der Waals surface area contributed by atoms with Crippen molar-refractivity contribution in [3.63, 3.8) is 0 Å². The summed E-state index contributed by atoms with van der Waals surface area (Å²) in [5.74, 6) is -0.776. The van der Waals surface area contributed by atoms with Gasteiger partial charge in [0.2, 0.25) is 0 Å². The summed E-state index contributed by atoms with van der Waals surface area (Å²) in [6.07, 6.45) is -1.28. The van der Waals surface area contributed by atoms with Crippen LogP contribution in [0.4, 0.5) is 13.2 Å². The van der Waals surface area contributed by atoms with Gasteiger partial charge < -0.3 is 5.11 Å². The molecule has 1 heterocycles. The molecule has 0 fully saturated rings. The van der Waals surface area contributed by atoms with Crippen LogP contribution in [0.25, 0.3) is 33.7 Å². The number of halogens is 4. The largest absolute Gasteiger partial charge is 0.478 e. The molecule has 0 spiro atoms. The molecule has 0 saturated carbocycles. The van der Waals surface area contributed by atoms with E-state index < -0.39 is 17.7 Å². The van der Waals surface area contributed by atoms with Crippen molar-refractivity contribution in [3.8, 4) is 11.1 Å². The van der Waals surface area contributed by atoms with Crippen LogP contribution >= 0.6 is 11.6 Å². The first-order valence-electron chi connectivity index (χ1n) is 11.4. The molecule has 3 aromatic carbocycles. The normalized spacial score (nSPS) is 16.8. The van der Waals surface area contributed by atoms with Gasteiger partial charge in [0.1, 0.15) is 0 Å². The Morgan fingerprint density at radius 2 is 1.78 bits per heavy atom. The van der Waals surface area contributed by atoms with Gasteiger partial charge in [-0.05, 0) is 76.9 Å². The number of fused-ring (bicyclic) bond motifs is 2. The zero-order valence-electron chi connectivity index (χ0n) is 19.2. The molecule has 7 heteroatoms. The van der Waals surface area contributed by atoms with E-state index in [4.69, 9.17) is 16.6 Å². The number of allylic oxidation sites excluding steroid dienone is 1. The molecule has 1 atom stereocenters. The van der Waals surface area contributed by atoms with Gasteiger partial charge in [-0.25, -0.2) is 9.78 Å². The second kappa shape index (κ2) is 9.10. The van der Waals surface area contributed by atoms with Crippen LogP contribution in [0.15, 0.2) is 66.7 Å². The van der Waals surface area contributed by atoms with Crippen LogP contribution in [0.3, 0.4) is 0 Å². The summed E-state index contributed by atoms with van der Waals surface area (Å²) in [6.45, 7) is 2.07. The quantitative estimate of drug-likeness (QED) is 0.303. The number of nitrogens with zero attached hydrogens (tertiary/aromatic N) is 1. The lowest BCUT2D eigenvalue weighted by molar-refractivity contribution is -0.137. The van der Waals surface area contributed by atoms with Crippen molar-refractivity contribution in [1.29, 1.82) is 0 Å². The highest BCUT2D eigenvalue weighted by Gasteiger charge is 2.33. The number of hydrogen-bond donors (Lipinski definition) is 1. The number of rotatable bonds is 3. The fourth-order valence-corrected chi connectivity index (χ4v) is 5.14. The lowest BCUT2D eigenvalue weighted by atomic mass is 9.80. The molecule has 4 aromatic rings. The van der Waals surface area contributed by atoms with Crippen LogP contribution in [-0.2, 0) is 12.6 Å². The van der Waals surface area contributed by atoms with Gasteiger partial charge in [-0.3, -0.25) is 0 Å². The standard InChI is InChI=1S/C29H21ClF3NO2/c1-16-11-20(27-22(12-16)26(28(35)36)21-7-2-3-8-25(21)34-27)14-17-5-4-6-18(13-17)19-9-10-24(30)23(15-19)29(31,32)33/h2-10,13-16H,11-12H2,1H3,(H,35,36)/b20-14+. The first-order valence-corrected chi connectivity index (χ1v) is 11.8. The third-order valence-electron chi connectivity index (χ3n) is 6.46. The Bertz CT molecular complexity index is 1540. The maximum Gasteiger partial charge on any atom is 0.417 e. The molecule has 1 aromatic heterocycles. The van der Waals surface area contributed by atoms with Gasteiger partial charge in [0.05, 0.1) is 27.4 Å². The molecule has 182 valence electrons. The molecule has 1 aliphatic rings. The van der Waals surface area contributed by atoms with Crippen LogP contribution in [-0.4, -0.2) is 16.1 Å². The first kappa shape index (κ1) is 24.1. The molecule has 0 saturated heterocycles. The van der Waals surface area contributed by atoms with Gasteiger partial charge in [-0.2, -0.15) is 13.2 Å². The summed E-state index contributed by atoms with van der Waals surface area (Å²) in [4.78, 5) is 17.1. The topological polar surface area (TPSA) is 50.2 Å². The number of alkyl halides is 3. The van der Waals surface area contributed by atoms with E-state index >= 15 is 0 Å². The highest BCUT2D eigenvalue weighted by molar-refractivity contribution is 6.31. The lowest BCUT2D eigenvalue weighted by Gasteiger charge is -2.26. The van der Waals surface area contributed by atoms with Crippen LogP contribution in [0.1, 0.15) is 46.1 Å². The van der Waals surface area contributed by atoms with E-state index in [0.717, 1.165) is 22.8 Å². The molecule has 5 rings (SSSR count). The molecular formula is C29H21ClF3NO2. The minimum absolute atomic E-state index is 0.207. The molecule has 0 radical (unpaired) electrons. The number of benzene rings is 3. The molecule has 0 aliphatic heterocycles. The van der Waals surface area contributed by atoms with Crippen LogP contribution in [0.5, 0.6) is 0 Å². The maximum atomic E-state index is 13.4. The summed E-state index contributed by atoms with van der Waals surface area (Å²) in [6, 6.07) is 18.3. The molecule has 3 nitrogen and oxygen atoms in total. The Morgan fingerprint density at radius 3 is 2.53 bits per heavy atom. The van der Waals surface area contributed by atoms with Crippen molar-refractivity contribution < 1.29 is 23.1 Å². The van der Waals surface area contributed by atoms with E-state index in [2.05, 4.69) is 6.92 Å². The van der Waals surface area contributed by atoms with Crippen molar-refractivity contribution in [2.45, 2.75) is 25.9 Å². The van der Waals surface area contributed by atoms with Crippen molar-refractivity contribution in [1.82, 2.24) is 4.98 Å². The first-order chi connectivity index (χ1) is 17.1. The number of pyridine rings is 1. The number of aromatic nitrogens is 1. The van der Waals surface area contributed by atoms with E-state index in [1.165, 1.54) is 6.07 Å². The minimum atomic E-state index is -4.55. The number of carboxylic acids is 1. The van der Waals surface area contributed by atoms with Crippen LogP contribution in [0, 0.1) is 5.92 Å². The van der Waals surface area contributed by atoms with Crippen molar-refractivity contribution in [2.75, 3.05) is 0 Å². The Kier molecular flexibility index (Phi) is 6.08. The predicted octanol–water partition coefficient (Wildman–Crippen LogP) is 8.40. The number of hydrogen-bond acceptors (Lipinski definition) is 2. The fraction of sp³-hybridized carbons (Fsp3) is 0.172. The molecular weight excluding hydrogens is 487 g/mol. The summed E-state index contributed by atoms with van der Waals surface area (Å²) >= 11 is 5.79.